The van der Waals surface area contributed by atoms with E-state index in [0.29, 0.717) is 34.4 Å². The molecule has 0 bridgehead atoms. The molecule has 2 amide bonds. The van der Waals surface area contributed by atoms with Crippen molar-refractivity contribution in [2.45, 2.75) is 0 Å². The lowest BCUT2D eigenvalue weighted by Crippen LogP contribution is -2.34. The topological polar surface area (TPSA) is 103 Å². The predicted molar refractivity (Wildman–Crippen MR) is 100 cm³/mol. The molecule has 0 N–H and O–H groups in total. The van der Waals surface area contributed by atoms with E-state index in [1.807, 2.05) is 0 Å². The second-order valence-electron chi connectivity index (χ2n) is 5.58. The van der Waals surface area contributed by atoms with Crippen molar-refractivity contribution in [3.8, 4) is 11.3 Å². The summed E-state index contributed by atoms with van der Waals surface area (Å²) in [6.07, 6.45) is 1.41. The lowest BCUT2D eigenvalue weighted by molar-refractivity contribution is -0.143. The van der Waals surface area contributed by atoms with Crippen LogP contribution in [0.1, 0.15) is 16.1 Å². The smallest absolute Gasteiger partial charge is 0.338 e. The molecule has 1 fully saturated rings. The molecule has 144 valence electrons. The number of methoxy groups -OCH3 is 2. The van der Waals surface area contributed by atoms with E-state index in [4.69, 9.17) is 9.15 Å². The van der Waals surface area contributed by atoms with Gasteiger partial charge in [0.2, 0.25) is 0 Å². The summed E-state index contributed by atoms with van der Waals surface area (Å²) in [4.78, 5) is 48.5. The Balaban J connectivity index is 1.86. The van der Waals surface area contributed by atoms with Crippen LogP contribution in [0.3, 0.4) is 0 Å². The molecule has 3 rings (SSSR count). The lowest BCUT2D eigenvalue weighted by atomic mass is 10.1. The number of furan rings is 1. The van der Waals surface area contributed by atoms with Gasteiger partial charge in [0.15, 0.2) is 0 Å². The highest BCUT2D eigenvalue weighted by Crippen LogP contribution is 2.33. The number of hydrogen-bond donors (Lipinski definition) is 0. The van der Waals surface area contributed by atoms with Gasteiger partial charge in [0, 0.05) is 11.6 Å². The maximum absolute atomic E-state index is 12.3. The minimum Gasteiger partial charge on any atom is -0.468 e. The third-order valence-corrected chi connectivity index (χ3v) is 4.79. The number of thioether (sulfide) groups is 1. The second kappa shape index (κ2) is 8.13. The molecule has 1 aromatic heterocycles. The van der Waals surface area contributed by atoms with Crippen LogP contribution in [0.15, 0.2) is 45.7 Å². The number of hydrogen-bond acceptors (Lipinski definition) is 8. The molecular weight excluding hydrogens is 386 g/mol. The lowest BCUT2D eigenvalue weighted by Gasteiger charge is -2.09. The zero-order chi connectivity index (χ0) is 20.3. The van der Waals surface area contributed by atoms with E-state index in [9.17, 15) is 19.2 Å². The Morgan fingerprint density at radius 3 is 2.57 bits per heavy atom. The molecule has 9 heteroatoms. The highest BCUT2D eigenvalue weighted by atomic mass is 32.2. The van der Waals surface area contributed by atoms with Gasteiger partial charge in [0.1, 0.15) is 18.1 Å². The fourth-order valence-corrected chi connectivity index (χ4v) is 3.34. The molecule has 2 aromatic rings. The Hall–Kier alpha value is -3.33. The molecule has 1 aliphatic heterocycles. The summed E-state index contributed by atoms with van der Waals surface area (Å²) < 4.78 is 15.0. The Labute approximate surface area is 164 Å². The van der Waals surface area contributed by atoms with Gasteiger partial charge in [-0.15, -0.1) is 0 Å². The van der Waals surface area contributed by atoms with Crippen LogP contribution in [0.5, 0.6) is 0 Å². The first-order valence-corrected chi connectivity index (χ1v) is 8.86. The summed E-state index contributed by atoms with van der Waals surface area (Å²) in [5, 5.41) is -0.565. The summed E-state index contributed by atoms with van der Waals surface area (Å²) in [5.74, 6) is -1.08. The average molecular weight is 401 g/mol. The van der Waals surface area contributed by atoms with Gasteiger partial charge in [-0.25, -0.2) is 4.79 Å². The van der Waals surface area contributed by atoms with Crippen LogP contribution in [-0.4, -0.2) is 48.7 Å². The molecule has 0 atom stereocenters. The van der Waals surface area contributed by atoms with Gasteiger partial charge >= 0.3 is 11.9 Å². The number of rotatable bonds is 5. The largest absolute Gasteiger partial charge is 0.468 e. The van der Waals surface area contributed by atoms with Crippen molar-refractivity contribution in [3.05, 3.63) is 52.6 Å². The van der Waals surface area contributed by atoms with Crippen LogP contribution >= 0.6 is 11.8 Å². The minimum atomic E-state index is -0.691. The molecule has 0 spiro atoms. The van der Waals surface area contributed by atoms with Crippen molar-refractivity contribution in [2.24, 2.45) is 0 Å². The first-order valence-electron chi connectivity index (χ1n) is 8.04. The highest BCUT2D eigenvalue weighted by Gasteiger charge is 2.36. The van der Waals surface area contributed by atoms with E-state index in [1.165, 1.54) is 20.3 Å². The normalized spacial score (nSPS) is 15.2. The molecule has 0 radical (unpaired) electrons. The Kier molecular flexibility index (Phi) is 5.65. The van der Waals surface area contributed by atoms with Crippen molar-refractivity contribution in [3.63, 3.8) is 0 Å². The van der Waals surface area contributed by atoms with E-state index >= 15 is 0 Å². The van der Waals surface area contributed by atoms with E-state index in [2.05, 4.69) is 4.74 Å². The van der Waals surface area contributed by atoms with Crippen molar-refractivity contribution in [1.82, 2.24) is 4.90 Å². The van der Waals surface area contributed by atoms with E-state index in [-0.39, 0.29) is 4.91 Å². The summed E-state index contributed by atoms with van der Waals surface area (Å²) >= 11 is 0.702. The summed E-state index contributed by atoms with van der Waals surface area (Å²) in [6, 6.07) is 10.0. The van der Waals surface area contributed by atoms with E-state index < -0.39 is 29.6 Å². The third-order valence-electron chi connectivity index (χ3n) is 3.89. The van der Waals surface area contributed by atoms with Gasteiger partial charge in [-0.1, -0.05) is 18.2 Å². The molecule has 0 unspecified atom stereocenters. The van der Waals surface area contributed by atoms with Gasteiger partial charge in [-0.3, -0.25) is 19.3 Å². The maximum Gasteiger partial charge on any atom is 0.338 e. The highest BCUT2D eigenvalue weighted by molar-refractivity contribution is 8.18. The van der Waals surface area contributed by atoms with Crippen LogP contribution in [-0.2, 0) is 19.1 Å². The summed E-state index contributed by atoms with van der Waals surface area (Å²) in [6.45, 7) is -0.450. The third kappa shape index (κ3) is 3.84. The number of benzene rings is 1. The number of amides is 2. The van der Waals surface area contributed by atoms with Crippen LogP contribution in [0.25, 0.3) is 17.4 Å². The summed E-state index contributed by atoms with van der Waals surface area (Å²) in [7, 11) is 2.46. The molecule has 0 aliphatic carbocycles. The molecule has 2 heterocycles. The molecule has 1 aliphatic rings. The van der Waals surface area contributed by atoms with Crippen LogP contribution in [0.2, 0.25) is 0 Å². The van der Waals surface area contributed by atoms with Crippen LogP contribution in [0, 0.1) is 0 Å². The van der Waals surface area contributed by atoms with Gasteiger partial charge in [0.25, 0.3) is 11.1 Å². The summed E-state index contributed by atoms with van der Waals surface area (Å²) in [5.41, 5.74) is 0.872. The van der Waals surface area contributed by atoms with Crippen molar-refractivity contribution < 1.29 is 33.1 Å². The SMILES string of the molecule is COC(=O)CN1C(=O)S/C(=C\c2ccc(-c3ccccc3C(=O)OC)o2)C1=O. The number of carbonyl (C=O) groups excluding carboxylic acids is 4. The molecule has 1 saturated heterocycles. The molecule has 8 nitrogen and oxygen atoms in total. The Morgan fingerprint density at radius 1 is 1.11 bits per heavy atom. The average Bonchev–Trinajstić information content (AvgIpc) is 3.27. The quantitative estimate of drug-likeness (QED) is 0.556. The van der Waals surface area contributed by atoms with E-state index in [1.54, 1.807) is 36.4 Å². The van der Waals surface area contributed by atoms with Crippen LogP contribution < -0.4 is 0 Å². The molecule has 28 heavy (non-hydrogen) atoms. The zero-order valence-electron chi connectivity index (χ0n) is 15.0. The first kappa shape index (κ1) is 19.4. The van der Waals surface area contributed by atoms with Gasteiger partial charge in [-0.2, -0.15) is 0 Å². The second-order valence-corrected chi connectivity index (χ2v) is 6.58. The maximum atomic E-state index is 12.3. The predicted octanol–water partition coefficient (Wildman–Crippen LogP) is 2.94. The number of carbonyl (C=O) groups is 4. The Morgan fingerprint density at radius 2 is 1.86 bits per heavy atom. The monoisotopic (exact) mass is 401 g/mol. The van der Waals surface area contributed by atoms with Crippen molar-refractivity contribution in [2.75, 3.05) is 20.8 Å². The zero-order valence-corrected chi connectivity index (χ0v) is 15.8. The van der Waals surface area contributed by atoms with Gasteiger partial charge in [-0.05, 0) is 30.0 Å². The molecule has 0 saturated carbocycles. The van der Waals surface area contributed by atoms with E-state index in [0.717, 1.165) is 4.90 Å². The fraction of sp³-hybridized carbons (Fsp3) is 0.158. The Bertz CT molecular complexity index is 992. The molecular formula is C19H15NO7S. The minimum absolute atomic E-state index is 0.121. The van der Waals surface area contributed by atoms with Gasteiger partial charge in [0.05, 0.1) is 24.7 Å². The number of ether oxygens (including phenoxy) is 2. The van der Waals surface area contributed by atoms with Gasteiger partial charge < -0.3 is 13.9 Å². The fourth-order valence-electron chi connectivity index (χ4n) is 2.52. The standard InChI is InChI=1S/C19H15NO7S/c1-25-16(21)10-20-17(22)15(28-19(20)24)9-11-7-8-14(27-11)12-5-3-4-6-13(12)18(23)26-2/h3-9H,10H2,1-2H3/b15-9-. The van der Waals surface area contributed by atoms with Crippen molar-refractivity contribution in [1.29, 1.82) is 0 Å². The first-order chi connectivity index (χ1) is 13.4. The van der Waals surface area contributed by atoms with Crippen LogP contribution in [0.4, 0.5) is 4.79 Å². The number of imide groups is 1. The van der Waals surface area contributed by atoms with Crippen molar-refractivity contribution >= 4 is 40.9 Å². The number of esters is 2. The number of nitrogens with zero attached hydrogens (tertiary/aromatic N) is 1. The molecule has 1 aromatic carbocycles.